The van der Waals surface area contributed by atoms with Crippen molar-refractivity contribution in [2.24, 2.45) is 0 Å². The van der Waals surface area contributed by atoms with E-state index in [1.165, 1.54) is 27.6 Å². The molecule has 6 atom stereocenters. The van der Waals surface area contributed by atoms with Crippen LogP contribution >= 0.6 is 22.7 Å². The molecule has 0 spiro atoms. The Morgan fingerprint density at radius 3 is 1.51 bits per heavy atom. The standard InChI is InChI=1S/C53H54F2N8O6S2/c54-40-27-43(62(32-40)50(64)42(36-7-3-1-4-8-36)29-58-52(66)60-19-23-68-24-20-60)48-56-30-45(70-48)37-15-11-34(12-16-37)35-13-17-38(18-14-35)46-31-57-49(71-46)44-28-41(55)33-63(44)51(65)47(39-9-5-2-6-10-39)59-53(67)61-21-25-69-26-22-61/h1-18,30-31,40-44,47H,19-29,32-33H2,(H,58,66)(H,59,67)/t40-,41-,42?,43+,44+,47-/m1/s1. The quantitative estimate of drug-likeness (QED) is 0.124. The van der Waals surface area contributed by atoms with Crippen LogP contribution in [0.1, 0.15) is 58.0 Å². The third kappa shape index (κ3) is 10.9. The number of alkyl halides is 2. The van der Waals surface area contributed by atoms with E-state index in [1.807, 2.05) is 97.1 Å². The van der Waals surface area contributed by atoms with Gasteiger partial charge in [0.05, 0.1) is 67.3 Å². The second kappa shape index (κ2) is 21.8. The first-order valence-corrected chi connectivity index (χ1v) is 25.7. The van der Waals surface area contributed by atoms with Crippen molar-refractivity contribution < 1.29 is 37.4 Å². The number of amides is 6. The number of hydrogen-bond donors (Lipinski definition) is 2. The Labute approximate surface area is 418 Å². The summed E-state index contributed by atoms with van der Waals surface area (Å²) in [4.78, 5) is 72.6. The van der Waals surface area contributed by atoms with Crippen LogP contribution in [-0.2, 0) is 19.1 Å². The molecule has 0 aliphatic carbocycles. The average molecular weight is 1000 g/mol. The molecular formula is C53H54F2N8O6S2. The Hall–Kier alpha value is -6.60. The van der Waals surface area contributed by atoms with E-state index in [0.717, 1.165) is 37.6 Å². The van der Waals surface area contributed by atoms with Crippen molar-refractivity contribution in [3.05, 3.63) is 143 Å². The summed E-state index contributed by atoms with van der Waals surface area (Å²) in [6, 6.07) is 31.8. The number of hydrogen-bond acceptors (Lipinski definition) is 10. The van der Waals surface area contributed by atoms with Gasteiger partial charge in [-0.25, -0.2) is 28.3 Å². The molecule has 6 heterocycles. The second-order valence-corrected chi connectivity index (χ2v) is 20.2. The molecule has 0 radical (unpaired) electrons. The van der Waals surface area contributed by atoms with E-state index in [4.69, 9.17) is 19.4 Å². The minimum absolute atomic E-state index is 0.0512. The molecule has 18 heteroatoms. The van der Waals surface area contributed by atoms with Crippen LogP contribution < -0.4 is 10.6 Å². The topological polar surface area (TPSA) is 150 Å². The molecule has 10 rings (SSSR count). The van der Waals surface area contributed by atoms with Gasteiger partial charge in [-0.1, -0.05) is 109 Å². The lowest BCUT2D eigenvalue weighted by molar-refractivity contribution is -0.135. The summed E-state index contributed by atoms with van der Waals surface area (Å²) in [7, 11) is 0. The predicted octanol–water partition coefficient (Wildman–Crippen LogP) is 8.43. The maximum atomic E-state index is 15.3. The highest BCUT2D eigenvalue weighted by atomic mass is 32.1. The highest BCUT2D eigenvalue weighted by Crippen LogP contribution is 2.42. The number of thiazole rings is 2. The molecule has 71 heavy (non-hydrogen) atoms. The number of carbonyl (C=O) groups excluding carboxylic acids is 4. The number of aromatic nitrogens is 2. The van der Waals surface area contributed by atoms with Crippen LogP contribution in [0.5, 0.6) is 0 Å². The van der Waals surface area contributed by atoms with E-state index in [-0.39, 0.29) is 56.4 Å². The molecule has 0 bridgehead atoms. The van der Waals surface area contributed by atoms with Crippen molar-refractivity contribution in [1.29, 1.82) is 0 Å². The molecular weight excluding hydrogens is 947 g/mol. The SMILES string of the molecule is O=C(NCC(C(=O)N1C[C@H](F)C[C@H]1c1ncc(-c2ccc(-c3ccc(-c4cnc([C@@H]5C[C@@H](F)CN5C(=O)[C@H](NC(=O)N5CCOCC5)c5ccccc5)s4)cc3)cc2)s1)c1ccccc1)N1CCOCC1. The van der Waals surface area contributed by atoms with Crippen molar-refractivity contribution in [2.45, 2.75) is 49.2 Å². The van der Waals surface area contributed by atoms with E-state index in [1.54, 1.807) is 39.2 Å². The van der Waals surface area contributed by atoms with E-state index in [0.29, 0.717) is 68.2 Å². The van der Waals surface area contributed by atoms with Gasteiger partial charge in [-0.2, -0.15) is 0 Å². The highest BCUT2D eigenvalue weighted by Gasteiger charge is 2.43. The van der Waals surface area contributed by atoms with Gasteiger partial charge in [-0.3, -0.25) is 9.59 Å². The zero-order valence-electron chi connectivity index (χ0n) is 38.9. The number of ether oxygens (including phenoxy) is 2. The average Bonchev–Trinajstić information content (AvgIpc) is 4.26. The monoisotopic (exact) mass is 1000 g/mol. The van der Waals surface area contributed by atoms with Gasteiger partial charge < -0.3 is 39.7 Å². The van der Waals surface area contributed by atoms with Gasteiger partial charge in [0.15, 0.2) is 0 Å². The van der Waals surface area contributed by atoms with Crippen molar-refractivity contribution in [3.63, 3.8) is 0 Å². The molecule has 1 unspecified atom stereocenters. The maximum Gasteiger partial charge on any atom is 0.318 e. The summed E-state index contributed by atoms with van der Waals surface area (Å²) in [5.41, 5.74) is 5.23. The van der Waals surface area contributed by atoms with Gasteiger partial charge >= 0.3 is 12.1 Å². The number of halogens is 2. The Morgan fingerprint density at radius 2 is 1.01 bits per heavy atom. The Kier molecular flexibility index (Phi) is 14.8. The van der Waals surface area contributed by atoms with E-state index in [9.17, 15) is 19.2 Å². The molecule has 14 nitrogen and oxygen atoms in total. The van der Waals surface area contributed by atoms with Crippen LogP contribution in [0.3, 0.4) is 0 Å². The number of benzene rings is 4. The molecule has 4 aliphatic heterocycles. The lowest BCUT2D eigenvalue weighted by Crippen LogP contribution is -2.50. The number of likely N-dealkylation sites (tertiary alicyclic amines) is 2. The first-order valence-electron chi connectivity index (χ1n) is 24.0. The van der Waals surface area contributed by atoms with E-state index >= 15 is 8.78 Å². The lowest BCUT2D eigenvalue weighted by atomic mass is 9.97. The zero-order chi connectivity index (χ0) is 48.8. The fourth-order valence-corrected chi connectivity index (χ4v) is 11.8. The zero-order valence-corrected chi connectivity index (χ0v) is 40.5. The van der Waals surface area contributed by atoms with Crippen molar-refractivity contribution in [1.82, 2.24) is 40.2 Å². The van der Waals surface area contributed by atoms with Gasteiger partial charge in [0.2, 0.25) is 5.91 Å². The number of carbonyl (C=O) groups is 4. The van der Waals surface area contributed by atoms with Crippen LogP contribution in [0.25, 0.3) is 32.0 Å². The van der Waals surface area contributed by atoms with Crippen LogP contribution in [0, 0.1) is 0 Å². The summed E-state index contributed by atoms with van der Waals surface area (Å²) < 4.78 is 41.3. The minimum Gasteiger partial charge on any atom is -0.378 e. The van der Waals surface area contributed by atoms with Crippen LogP contribution in [-0.4, -0.2) is 138 Å². The minimum atomic E-state index is -1.24. The van der Waals surface area contributed by atoms with Crippen molar-refractivity contribution in [2.75, 3.05) is 72.2 Å². The van der Waals surface area contributed by atoms with Gasteiger partial charge in [-0.15, -0.1) is 22.7 Å². The number of nitrogens with one attached hydrogen (secondary N) is 2. The molecule has 2 aromatic heterocycles. The molecule has 4 saturated heterocycles. The third-order valence-electron chi connectivity index (χ3n) is 13.6. The first-order chi connectivity index (χ1) is 34.7. The van der Waals surface area contributed by atoms with E-state index < -0.39 is 36.4 Å². The fourth-order valence-electron chi connectivity index (χ4n) is 9.71. The molecule has 4 aromatic carbocycles. The van der Waals surface area contributed by atoms with Crippen molar-refractivity contribution >= 4 is 46.6 Å². The van der Waals surface area contributed by atoms with Crippen molar-refractivity contribution in [3.8, 4) is 32.0 Å². The Bertz CT molecular complexity index is 2790. The van der Waals surface area contributed by atoms with Gasteiger partial charge in [0.1, 0.15) is 28.4 Å². The van der Waals surface area contributed by atoms with E-state index in [2.05, 4.69) is 10.6 Å². The molecule has 4 fully saturated rings. The summed E-state index contributed by atoms with van der Waals surface area (Å²) in [5, 5.41) is 7.16. The number of rotatable bonds is 12. The van der Waals surface area contributed by atoms with Crippen LogP contribution in [0.4, 0.5) is 18.4 Å². The largest absolute Gasteiger partial charge is 0.378 e. The maximum absolute atomic E-state index is 15.3. The molecule has 6 aromatic rings. The molecule has 0 saturated carbocycles. The predicted molar refractivity (Wildman–Crippen MR) is 267 cm³/mol. The summed E-state index contributed by atoms with van der Waals surface area (Å²) in [5.74, 6) is -1.35. The van der Waals surface area contributed by atoms with Crippen LogP contribution in [0.2, 0.25) is 0 Å². The lowest BCUT2D eigenvalue weighted by Gasteiger charge is -2.32. The third-order valence-corrected chi connectivity index (χ3v) is 15.9. The number of morpholine rings is 2. The van der Waals surface area contributed by atoms with Gasteiger partial charge in [0.25, 0.3) is 5.91 Å². The highest BCUT2D eigenvalue weighted by molar-refractivity contribution is 7.15. The second-order valence-electron chi connectivity index (χ2n) is 18.1. The molecule has 368 valence electrons. The van der Waals surface area contributed by atoms with Gasteiger partial charge in [-0.05, 0) is 33.4 Å². The van der Waals surface area contributed by atoms with Crippen LogP contribution in [0.15, 0.2) is 122 Å². The number of urea groups is 2. The molecule has 6 amide bonds. The number of nitrogens with zero attached hydrogens (tertiary/aromatic N) is 6. The smallest absolute Gasteiger partial charge is 0.318 e. The summed E-state index contributed by atoms with van der Waals surface area (Å²) >= 11 is 2.87. The Morgan fingerprint density at radius 1 is 0.577 bits per heavy atom. The molecule has 2 N–H and O–H groups in total. The van der Waals surface area contributed by atoms with Gasteiger partial charge in [0, 0.05) is 58.0 Å². The molecule has 4 aliphatic rings. The first kappa shape index (κ1) is 48.0. The normalized spacial score (nSPS) is 21.2. The Balaban J connectivity index is 0.797. The summed E-state index contributed by atoms with van der Waals surface area (Å²) in [6.07, 6.45) is 1.34. The fraction of sp³-hybridized carbons (Fsp3) is 0.358. The summed E-state index contributed by atoms with van der Waals surface area (Å²) in [6.45, 7) is 3.48.